The molecule has 6 heterocycles. The van der Waals surface area contributed by atoms with E-state index in [1.807, 2.05) is 36.1 Å². The minimum atomic E-state index is -0.975. The number of pyridine rings is 1. The molecule has 262 valence electrons. The van der Waals surface area contributed by atoms with E-state index >= 15 is 8.78 Å². The SMILES string of the molecule is C/C=C/[C@H](c1cccnc1N)N1CCOc2c(Cl)c(-c3ccc(F)c4sc(N)c(C#N)c34)c(F)c3nc(OC[C@@]45CCCN4C[C@H](F)C5)nc1c23. The van der Waals surface area contributed by atoms with Gasteiger partial charge < -0.3 is 25.8 Å². The number of aromatic nitrogens is 3. The highest BCUT2D eigenvalue weighted by Gasteiger charge is 2.49. The fraction of sp³-hybridized carbons (Fsp3) is 0.333. The molecule has 8 rings (SSSR count). The second kappa shape index (κ2) is 12.7. The first-order valence-electron chi connectivity index (χ1n) is 16.5. The number of nitrogens with zero attached hydrogens (tertiary/aromatic N) is 6. The summed E-state index contributed by atoms with van der Waals surface area (Å²) in [6.07, 6.45) is 6.40. The Morgan fingerprint density at radius 3 is 2.86 bits per heavy atom. The van der Waals surface area contributed by atoms with E-state index in [-0.39, 0.29) is 85.0 Å². The standard InChI is InChI=1S/C36H32ClF3N8O2S/c1-2-5-23(19-6-3-10-44-32(19)42)48-12-13-49-30-26-29(45-35(46-34(26)48)50-17-36-9-4-11-47(36)16-18(38)14-36)28(40)25(27(30)37)20-7-8-22(39)31-24(20)21(15-41)33(43)51-31/h2-3,5-8,10,18,23H,4,9,11-14,16-17,43H2,1H3,(H2,42,44)/b5-2+/t18-,23-,36+/m1/s1. The van der Waals surface area contributed by atoms with E-state index in [1.54, 1.807) is 12.3 Å². The molecule has 0 spiro atoms. The van der Waals surface area contributed by atoms with Gasteiger partial charge in [0, 0.05) is 35.7 Å². The van der Waals surface area contributed by atoms with Crippen LogP contribution in [0.15, 0.2) is 42.6 Å². The summed E-state index contributed by atoms with van der Waals surface area (Å²) in [5.74, 6) is -0.770. The maximum Gasteiger partial charge on any atom is 0.319 e. The summed E-state index contributed by atoms with van der Waals surface area (Å²) in [5, 5.41) is 10.3. The van der Waals surface area contributed by atoms with E-state index in [0.29, 0.717) is 24.3 Å². The summed E-state index contributed by atoms with van der Waals surface area (Å²) in [6, 6.07) is 7.58. The minimum absolute atomic E-state index is 0.0109. The van der Waals surface area contributed by atoms with Gasteiger partial charge in [-0.3, -0.25) is 4.90 Å². The average molecular weight is 733 g/mol. The van der Waals surface area contributed by atoms with Crippen molar-refractivity contribution in [1.29, 1.82) is 5.26 Å². The molecule has 3 aliphatic rings. The molecule has 51 heavy (non-hydrogen) atoms. The largest absolute Gasteiger partial charge is 0.489 e. The maximum atomic E-state index is 17.4. The predicted octanol–water partition coefficient (Wildman–Crippen LogP) is 7.35. The second-order valence-corrected chi connectivity index (χ2v) is 14.4. The fourth-order valence-corrected chi connectivity index (χ4v) is 9.18. The van der Waals surface area contributed by atoms with Gasteiger partial charge in [-0.15, -0.1) is 11.3 Å². The molecule has 3 aromatic heterocycles. The number of halogens is 4. The van der Waals surface area contributed by atoms with Crippen LogP contribution in [-0.2, 0) is 0 Å². The smallest absolute Gasteiger partial charge is 0.319 e. The maximum absolute atomic E-state index is 17.4. The van der Waals surface area contributed by atoms with Crippen LogP contribution in [0.1, 0.15) is 43.4 Å². The molecule has 2 aromatic carbocycles. The van der Waals surface area contributed by atoms with Crippen molar-refractivity contribution >= 4 is 60.6 Å². The van der Waals surface area contributed by atoms with Crippen molar-refractivity contribution in [3.63, 3.8) is 0 Å². The van der Waals surface area contributed by atoms with E-state index in [1.165, 1.54) is 12.1 Å². The summed E-state index contributed by atoms with van der Waals surface area (Å²) in [6.45, 7) is 3.44. The summed E-state index contributed by atoms with van der Waals surface area (Å²) < 4.78 is 59.8. The Labute approximate surface area is 300 Å². The molecule has 0 saturated carbocycles. The van der Waals surface area contributed by atoms with Crippen molar-refractivity contribution in [2.24, 2.45) is 0 Å². The first-order valence-corrected chi connectivity index (χ1v) is 17.7. The van der Waals surface area contributed by atoms with Crippen LogP contribution in [0.4, 0.5) is 29.8 Å². The molecule has 3 aliphatic heterocycles. The zero-order valence-electron chi connectivity index (χ0n) is 27.4. The number of fused-ring (bicyclic) bond motifs is 2. The highest BCUT2D eigenvalue weighted by Crippen LogP contribution is 2.51. The summed E-state index contributed by atoms with van der Waals surface area (Å²) in [7, 11) is 0. The molecule has 0 bridgehead atoms. The Morgan fingerprint density at radius 2 is 2.08 bits per heavy atom. The van der Waals surface area contributed by atoms with Crippen molar-refractivity contribution in [3.05, 3.63) is 70.4 Å². The number of nitrogen functional groups attached to an aromatic ring is 2. The molecule has 0 radical (unpaired) electrons. The molecule has 2 fully saturated rings. The number of alkyl halides is 1. The van der Waals surface area contributed by atoms with Crippen LogP contribution >= 0.6 is 22.9 Å². The molecule has 15 heteroatoms. The number of allylic oxidation sites excluding steroid dienone is 1. The Morgan fingerprint density at radius 1 is 1.24 bits per heavy atom. The summed E-state index contributed by atoms with van der Waals surface area (Å²) in [4.78, 5) is 17.8. The zero-order chi connectivity index (χ0) is 35.6. The van der Waals surface area contributed by atoms with E-state index in [4.69, 9.17) is 37.5 Å². The van der Waals surface area contributed by atoms with Gasteiger partial charge in [0.25, 0.3) is 0 Å². The van der Waals surface area contributed by atoms with Crippen molar-refractivity contribution in [2.75, 3.05) is 49.2 Å². The number of benzene rings is 2. The topological polar surface area (TPSA) is 139 Å². The van der Waals surface area contributed by atoms with Gasteiger partial charge in [-0.1, -0.05) is 35.9 Å². The van der Waals surface area contributed by atoms with Crippen LogP contribution < -0.4 is 25.8 Å². The third-order valence-electron chi connectivity index (χ3n) is 10.1. The summed E-state index contributed by atoms with van der Waals surface area (Å²) in [5.41, 5.74) is 12.5. The lowest BCUT2D eigenvalue weighted by molar-refractivity contribution is 0.107. The Balaban J connectivity index is 1.38. The van der Waals surface area contributed by atoms with Crippen molar-refractivity contribution < 1.29 is 22.6 Å². The first kappa shape index (κ1) is 33.3. The third kappa shape index (κ3) is 5.29. The molecule has 3 atom stereocenters. The Hall–Kier alpha value is -4.84. The second-order valence-electron chi connectivity index (χ2n) is 13.0. The highest BCUT2D eigenvalue weighted by molar-refractivity contribution is 7.23. The number of ether oxygens (including phenoxy) is 2. The molecule has 4 N–H and O–H groups in total. The zero-order valence-corrected chi connectivity index (χ0v) is 29.0. The number of hydrogen-bond acceptors (Lipinski definition) is 11. The highest BCUT2D eigenvalue weighted by atomic mass is 35.5. The lowest BCUT2D eigenvalue weighted by Crippen LogP contribution is -2.43. The van der Waals surface area contributed by atoms with Crippen LogP contribution in [0, 0.1) is 23.0 Å². The van der Waals surface area contributed by atoms with Gasteiger partial charge in [0.2, 0.25) is 0 Å². The van der Waals surface area contributed by atoms with E-state index < -0.39 is 29.4 Å². The van der Waals surface area contributed by atoms with Gasteiger partial charge in [-0.25, -0.2) is 18.2 Å². The van der Waals surface area contributed by atoms with Gasteiger partial charge in [0.05, 0.1) is 38.8 Å². The van der Waals surface area contributed by atoms with Crippen molar-refractivity contribution in [3.8, 4) is 29.0 Å². The average Bonchev–Trinajstić information content (AvgIpc) is 3.71. The van der Waals surface area contributed by atoms with Crippen LogP contribution in [0.5, 0.6) is 11.8 Å². The van der Waals surface area contributed by atoms with Crippen LogP contribution in [0.2, 0.25) is 5.02 Å². The molecule has 2 saturated heterocycles. The number of nitrogens with two attached hydrogens (primary N) is 2. The van der Waals surface area contributed by atoms with Gasteiger partial charge in [0.1, 0.15) is 53.4 Å². The van der Waals surface area contributed by atoms with E-state index in [0.717, 1.165) is 30.7 Å². The molecule has 0 aliphatic carbocycles. The van der Waals surface area contributed by atoms with Gasteiger partial charge in [0.15, 0.2) is 11.6 Å². The molecular formula is C36H32ClF3N8O2S. The number of nitriles is 1. The first-order chi connectivity index (χ1) is 24.7. The molecule has 0 unspecified atom stereocenters. The monoisotopic (exact) mass is 732 g/mol. The van der Waals surface area contributed by atoms with Crippen molar-refractivity contribution in [2.45, 2.75) is 43.9 Å². The fourth-order valence-electron chi connectivity index (χ4n) is 7.90. The van der Waals surface area contributed by atoms with Crippen molar-refractivity contribution in [1.82, 2.24) is 19.9 Å². The number of hydrogen-bond donors (Lipinski definition) is 2. The van der Waals surface area contributed by atoms with E-state index in [2.05, 4.69) is 14.9 Å². The quantitative estimate of drug-likeness (QED) is 0.163. The Kier molecular flexibility index (Phi) is 8.32. The van der Waals surface area contributed by atoms with Crippen LogP contribution in [-0.4, -0.2) is 64.4 Å². The minimum Gasteiger partial charge on any atom is -0.489 e. The number of rotatable bonds is 7. The lowest BCUT2D eigenvalue weighted by Gasteiger charge is -2.32. The normalized spacial score (nSPS) is 20.9. The van der Waals surface area contributed by atoms with Gasteiger partial charge in [-0.05, 0) is 44.0 Å². The lowest BCUT2D eigenvalue weighted by atomic mass is 9.95. The van der Waals surface area contributed by atoms with Gasteiger partial charge >= 0.3 is 6.01 Å². The Bertz CT molecular complexity index is 2300. The predicted molar refractivity (Wildman–Crippen MR) is 192 cm³/mol. The van der Waals surface area contributed by atoms with E-state index in [9.17, 15) is 9.65 Å². The molecular weight excluding hydrogens is 701 g/mol. The molecule has 0 amide bonds. The number of thiophene rings is 1. The molecule has 10 nitrogen and oxygen atoms in total. The van der Waals surface area contributed by atoms with Crippen LogP contribution in [0.3, 0.4) is 0 Å². The third-order valence-corrected chi connectivity index (χ3v) is 11.5. The summed E-state index contributed by atoms with van der Waals surface area (Å²) >= 11 is 7.98. The van der Waals surface area contributed by atoms with Crippen LogP contribution in [0.25, 0.3) is 32.1 Å². The van der Waals surface area contributed by atoms with Gasteiger partial charge in [-0.2, -0.15) is 15.2 Å². The molecule has 5 aromatic rings. The number of anilines is 3.